The van der Waals surface area contributed by atoms with Crippen LogP contribution in [0.5, 0.6) is 5.75 Å². The number of halogens is 2. The molecule has 2 aromatic heterocycles. The number of hydrogen-bond acceptors (Lipinski definition) is 9. The number of hydrogen-bond donors (Lipinski definition) is 5. The molecule has 0 unspecified atom stereocenters. The van der Waals surface area contributed by atoms with Gasteiger partial charge in [0.05, 0.1) is 19.8 Å². The van der Waals surface area contributed by atoms with E-state index in [2.05, 4.69) is 20.1 Å². The second kappa shape index (κ2) is 16.7. The lowest BCUT2D eigenvalue weighted by Gasteiger charge is -2.31. The van der Waals surface area contributed by atoms with Gasteiger partial charge in [-0.3, -0.25) is 18.7 Å². The van der Waals surface area contributed by atoms with E-state index in [1.165, 1.54) is 16.8 Å². The number of allylic oxidation sites excluding steroid dienone is 2. The lowest BCUT2D eigenvalue weighted by molar-refractivity contribution is -0.362. The lowest BCUT2D eigenvalue weighted by atomic mass is 9.89. The first-order valence-corrected chi connectivity index (χ1v) is 19.8. The van der Waals surface area contributed by atoms with Gasteiger partial charge >= 0.3 is 20.5 Å². The molecule has 3 aliphatic heterocycles. The fourth-order valence-electron chi connectivity index (χ4n) is 7.50. The fourth-order valence-corrected chi connectivity index (χ4v) is 7.85. The Morgan fingerprint density at radius 1 is 1.09 bits per heavy atom. The molecule has 300 valence electrons. The summed E-state index contributed by atoms with van der Waals surface area (Å²) in [5.74, 6) is 0.101. The highest BCUT2D eigenvalue weighted by atomic mass is 31.2. The number of aromatic nitrogens is 3. The Labute approximate surface area is 321 Å². The number of fused-ring (bicyclic) bond motifs is 2. The number of carbonyl (C=O) groups is 2. The molecule has 0 saturated carbocycles. The molecule has 3 atom stereocenters. The Balaban J connectivity index is 0.957. The number of nitrogens with zero attached hydrogens (tertiary/aromatic N) is 4. The zero-order chi connectivity index (χ0) is 40.4. The van der Waals surface area contributed by atoms with E-state index in [0.717, 1.165) is 8.96 Å². The van der Waals surface area contributed by atoms with Crippen LogP contribution in [0.1, 0.15) is 70.7 Å². The smallest absolute Gasteiger partial charge is 0.497 e. The number of nitrogens with two attached hydrogens (primary N) is 1. The predicted octanol–water partition coefficient (Wildman–Crippen LogP) is 3.72. The fraction of sp³-hybridized carbons (Fsp3) is 0.417. The number of phosphoric acid groups is 1. The topological polar surface area (TPSA) is 212 Å². The summed E-state index contributed by atoms with van der Waals surface area (Å²) in [4.78, 5) is 59.9. The number of anilines is 1. The van der Waals surface area contributed by atoms with Crippen LogP contribution >= 0.6 is 7.82 Å². The van der Waals surface area contributed by atoms with E-state index in [1.807, 2.05) is 0 Å². The van der Waals surface area contributed by atoms with Crippen LogP contribution in [0.2, 0.25) is 0 Å². The van der Waals surface area contributed by atoms with Gasteiger partial charge in [-0.15, -0.1) is 0 Å². The average molecular weight is 800 g/mol. The van der Waals surface area contributed by atoms with E-state index in [9.17, 15) is 18.9 Å². The first-order valence-electron chi connectivity index (χ1n) is 18.3. The maximum absolute atomic E-state index is 16.4. The van der Waals surface area contributed by atoms with Crippen molar-refractivity contribution in [3.8, 4) is 17.0 Å². The Hall–Kier alpha value is -4.94. The quantitative estimate of drug-likeness (QED) is 0.0801. The van der Waals surface area contributed by atoms with Crippen molar-refractivity contribution in [2.24, 2.45) is 0 Å². The zero-order valence-electron chi connectivity index (χ0n) is 31.2. The third kappa shape index (κ3) is 8.87. The van der Waals surface area contributed by atoms with Crippen molar-refractivity contribution in [3.63, 3.8) is 0 Å². The Kier molecular flexibility index (Phi) is 12.1. The third-order valence-corrected chi connectivity index (χ3v) is 10.8. The number of ether oxygens (including phenoxy) is 2. The summed E-state index contributed by atoms with van der Waals surface area (Å²) in [5, 5.41) is 5.68. The predicted molar refractivity (Wildman–Crippen MR) is 203 cm³/mol. The highest BCUT2D eigenvalue weighted by molar-refractivity contribution is 7.46. The molecule has 0 radical (unpaired) electrons. The molecule has 6 rings (SSSR count). The Morgan fingerprint density at radius 3 is 2.54 bits per heavy atom. The maximum atomic E-state index is 16.4. The molecule has 6 N–H and O–H groups in total. The second-order valence-corrected chi connectivity index (χ2v) is 15.2. The number of rotatable bonds is 16. The van der Waals surface area contributed by atoms with E-state index >= 15 is 8.63 Å². The maximum Gasteiger partial charge on any atom is 0.737 e. The number of unbranched alkanes of at least 4 members (excludes halogenated alkanes) is 2. The van der Waals surface area contributed by atoms with E-state index in [0.29, 0.717) is 77.5 Å². The van der Waals surface area contributed by atoms with E-state index in [4.69, 9.17) is 25.0 Å². The van der Waals surface area contributed by atoms with Gasteiger partial charge in [-0.1, -0.05) is 6.42 Å². The third-order valence-electron chi connectivity index (χ3n) is 10.3. The van der Waals surface area contributed by atoms with E-state index in [1.54, 1.807) is 63.4 Å². The van der Waals surface area contributed by atoms with Crippen molar-refractivity contribution in [1.82, 2.24) is 24.7 Å². The van der Waals surface area contributed by atoms with Gasteiger partial charge in [0.2, 0.25) is 11.8 Å². The molecule has 1 aromatic carbocycles. The summed E-state index contributed by atoms with van der Waals surface area (Å²) >= 11 is 0. The van der Waals surface area contributed by atoms with Gasteiger partial charge in [-0.25, -0.2) is 9.36 Å². The molecule has 56 heavy (non-hydrogen) atoms. The number of amides is 2. The number of carbonyl (C=O) groups excluding carboxylic acids is 2. The second-order valence-electron chi connectivity index (χ2n) is 13.9. The minimum absolute atomic E-state index is 0.0159. The minimum Gasteiger partial charge on any atom is -0.497 e. The van der Waals surface area contributed by atoms with Crippen LogP contribution in [-0.2, 0) is 23.4 Å². The lowest BCUT2D eigenvalue weighted by Crippen LogP contribution is -2.50. The molecule has 0 spiro atoms. The normalized spacial score (nSPS) is 20.1. The number of benzene rings is 1. The largest absolute Gasteiger partial charge is 0.737 e. The van der Waals surface area contributed by atoms with Crippen molar-refractivity contribution in [2.75, 3.05) is 26.0 Å². The van der Waals surface area contributed by atoms with Gasteiger partial charge < -0.3 is 53.2 Å². The van der Waals surface area contributed by atoms with E-state index < -0.39 is 45.5 Å². The molecule has 20 heteroatoms. The van der Waals surface area contributed by atoms with Crippen LogP contribution in [0.4, 0.5) is 14.4 Å². The van der Waals surface area contributed by atoms with Crippen LogP contribution in [0, 0.1) is 0 Å². The molecule has 5 heterocycles. The summed E-state index contributed by atoms with van der Waals surface area (Å²) in [6, 6.07) is 11.0. The van der Waals surface area contributed by atoms with Crippen LogP contribution < -0.4 is 26.8 Å². The summed E-state index contributed by atoms with van der Waals surface area (Å²) in [6.45, 7) is -0.914. The van der Waals surface area contributed by atoms with Gasteiger partial charge in [-0.2, -0.15) is 4.98 Å². The van der Waals surface area contributed by atoms with Crippen molar-refractivity contribution < 1.29 is 51.1 Å². The van der Waals surface area contributed by atoms with Gasteiger partial charge in [0, 0.05) is 67.5 Å². The zero-order valence-corrected chi connectivity index (χ0v) is 32.1. The molecular weight excluding hydrogens is 754 g/mol. The number of phosphoric ester groups is 1. The molecule has 16 nitrogen and oxygen atoms in total. The highest BCUT2D eigenvalue weighted by Gasteiger charge is 2.54. The Morgan fingerprint density at radius 2 is 1.84 bits per heavy atom. The number of nitrogens with one attached hydrogen (secondary N) is 2. The first-order chi connectivity index (χ1) is 26.6. The van der Waals surface area contributed by atoms with Crippen molar-refractivity contribution >= 4 is 44.2 Å². The summed E-state index contributed by atoms with van der Waals surface area (Å²) < 4.78 is 63.0. The molecule has 0 aliphatic carbocycles. The highest BCUT2D eigenvalue weighted by Crippen LogP contribution is 2.41. The standard InChI is InChI=1S/C36H45BF2N7O9P/c1-22-27(23(2)45-30(22)19-25-10-14-29(46(25)37(45,38)39)24-8-11-26(53-3)12-9-24)13-15-33(47)41-17-6-4-5-7-34(48)42-28-20-35(44-18-16-32(40)43-36(44)49)55-31(28)21-54-56(50,51)52/h8-12,14,16,18-19,28,31,35H,4-7,13,15,17,20-21H2,1-3H3,(H,41,47)(H,42,48)(H2,40,43,49)(H2,50,51,52)/t28-,31+,35+/m0/s1. The number of methoxy groups -OCH3 is 1. The van der Waals surface area contributed by atoms with Crippen LogP contribution in [0.25, 0.3) is 17.3 Å². The van der Waals surface area contributed by atoms with Crippen LogP contribution in [-0.4, -0.2) is 85.2 Å². The van der Waals surface area contributed by atoms with E-state index in [-0.39, 0.29) is 36.9 Å². The molecule has 3 aromatic rings. The van der Waals surface area contributed by atoms with Gasteiger partial charge in [-0.05, 0) is 74.2 Å². The Bertz CT molecular complexity index is 2200. The average Bonchev–Trinajstić information content (AvgIpc) is 3.82. The minimum atomic E-state index is -4.83. The van der Waals surface area contributed by atoms with Crippen molar-refractivity contribution in [3.05, 3.63) is 81.7 Å². The van der Waals surface area contributed by atoms with Crippen molar-refractivity contribution in [2.45, 2.75) is 77.2 Å². The summed E-state index contributed by atoms with van der Waals surface area (Å²) in [7, 11) is -3.28. The summed E-state index contributed by atoms with van der Waals surface area (Å²) in [5.41, 5.74) is 8.58. The van der Waals surface area contributed by atoms with Crippen LogP contribution in [0.15, 0.2) is 70.3 Å². The monoisotopic (exact) mass is 799 g/mol. The van der Waals surface area contributed by atoms with Gasteiger partial charge in [0.1, 0.15) is 29.6 Å². The molecule has 0 bridgehead atoms. The number of nitrogen functional groups attached to an aromatic ring is 1. The molecule has 1 fully saturated rings. The summed E-state index contributed by atoms with van der Waals surface area (Å²) in [6.07, 6.45) is 3.67. The molecule has 2 amide bonds. The van der Waals surface area contributed by atoms with Crippen LogP contribution in [0.3, 0.4) is 0 Å². The molecular formula is C36H45BF2N7O9P. The molecule has 1 saturated heterocycles. The van der Waals surface area contributed by atoms with Crippen molar-refractivity contribution in [1.29, 1.82) is 0 Å². The van der Waals surface area contributed by atoms with Gasteiger partial charge in [0.15, 0.2) is 5.70 Å². The first kappa shape index (κ1) is 40.7. The van der Waals surface area contributed by atoms with Gasteiger partial charge in [0.25, 0.3) is 0 Å². The molecule has 3 aliphatic rings. The SMILES string of the molecule is COc1ccc(-c2ccc3n2[B-](F)(F)[N+]2=C(C)C(CCC(=O)NCCCCCC(=O)N[C@H]4C[C@H](n5ccc(N)nc5=O)O[C@@H]4COP(=O)(O)O)=C(C)C2=C3)cc1.